The van der Waals surface area contributed by atoms with Crippen molar-refractivity contribution in [3.8, 4) is 16.9 Å². The normalized spacial score (nSPS) is 27.3. The molecule has 8 nitrogen and oxygen atoms in total. The Kier molecular flexibility index (Phi) is 8.43. The number of nitrogens with one attached hydrogen (secondary N) is 1. The zero-order valence-electron chi connectivity index (χ0n) is 27.3. The summed E-state index contributed by atoms with van der Waals surface area (Å²) in [6.07, 6.45) is 16.3. The number of anilines is 1. The molecule has 46 heavy (non-hydrogen) atoms. The molecule has 3 aromatic rings. The van der Waals surface area contributed by atoms with Crippen LogP contribution in [0.15, 0.2) is 54.9 Å². The van der Waals surface area contributed by atoms with Gasteiger partial charge in [0.2, 0.25) is 11.8 Å². The fraction of sp³-hybridized carbons (Fsp3) is 0.553. The van der Waals surface area contributed by atoms with Gasteiger partial charge in [0, 0.05) is 36.0 Å². The van der Waals surface area contributed by atoms with Crippen LogP contribution in [-0.2, 0) is 15.0 Å². The molecule has 0 aliphatic heterocycles. The minimum Gasteiger partial charge on any atom is -0.496 e. The third-order valence-electron chi connectivity index (χ3n) is 11.8. The summed E-state index contributed by atoms with van der Waals surface area (Å²) in [5, 5.41) is 16.7. The lowest BCUT2D eigenvalue weighted by atomic mass is 9.51. The molecule has 2 aromatic carbocycles. The van der Waals surface area contributed by atoms with E-state index in [0.29, 0.717) is 6.04 Å². The summed E-state index contributed by atoms with van der Waals surface area (Å²) < 4.78 is 7.63. The van der Waals surface area contributed by atoms with E-state index in [1.807, 2.05) is 6.20 Å². The fourth-order valence-electron chi connectivity index (χ4n) is 8.63. The number of amides is 2. The molecule has 8 heteroatoms. The lowest BCUT2D eigenvalue weighted by Gasteiger charge is -2.55. The average molecular weight is 625 g/mol. The first-order chi connectivity index (χ1) is 22.3. The third-order valence-corrected chi connectivity index (χ3v) is 11.8. The lowest BCUT2D eigenvalue weighted by molar-refractivity contribution is -0.125. The predicted molar refractivity (Wildman–Crippen MR) is 179 cm³/mol. The summed E-state index contributed by atoms with van der Waals surface area (Å²) in [5.41, 5.74) is 6.12. The Morgan fingerprint density at radius 3 is 2.37 bits per heavy atom. The Morgan fingerprint density at radius 1 is 0.978 bits per heavy atom. The van der Waals surface area contributed by atoms with Crippen LogP contribution >= 0.6 is 0 Å². The van der Waals surface area contributed by atoms with E-state index in [-0.39, 0.29) is 34.6 Å². The van der Waals surface area contributed by atoms with E-state index < -0.39 is 6.61 Å². The van der Waals surface area contributed by atoms with E-state index in [2.05, 4.69) is 75.6 Å². The molecule has 0 spiro atoms. The molecule has 0 radical (unpaired) electrons. The van der Waals surface area contributed by atoms with Crippen molar-refractivity contribution in [3.63, 3.8) is 0 Å². The molecule has 244 valence electrons. The number of aliphatic hydroxyl groups is 1. The fourth-order valence-corrected chi connectivity index (χ4v) is 8.63. The van der Waals surface area contributed by atoms with Gasteiger partial charge in [0.1, 0.15) is 12.4 Å². The van der Waals surface area contributed by atoms with Gasteiger partial charge in [0.15, 0.2) is 0 Å². The van der Waals surface area contributed by atoms with E-state index >= 15 is 0 Å². The largest absolute Gasteiger partial charge is 0.496 e. The highest BCUT2D eigenvalue weighted by Crippen LogP contribution is 2.58. The number of aryl methyl sites for hydroxylation is 1. The Morgan fingerprint density at radius 2 is 1.72 bits per heavy atom. The number of ether oxygens (including phenoxy) is 1. The second kappa shape index (κ2) is 12.5. The van der Waals surface area contributed by atoms with Crippen LogP contribution in [0.3, 0.4) is 0 Å². The number of methoxy groups -OCH3 is 1. The van der Waals surface area contributed by atoms with Gasteiger partial charge in [0.05, 0.1) is 19.3 Å². The molecule has 2 amide bonds. The minimum absolute atomic E-state index is 0.0217. The molecule has 5 aliphatic carbocycles. The first kappa shape index (κ1) is 31.0. The number of nitrogens with zero attached hydrogens (tertiary/aromatic N) is 3. The molecular formula is C38H48N4O4. The van der Waals surface area contributed by atoms with E-state index in [4.69, 9.17) is 4.74 Å². The minimum atomic E-state index is -0.496. The monoisotopic (exact) mass is 624 g/mol. The molecular weight excluding hydrogens is 576 g/mol. The summed E-state index contributed by atoms with van der Waals surface area (Å²) in [5.74, 6) is 0.740. The second-order valence-electron chi connectivity index (χ2n) is 14.7. The number of aromatic nitrogens is 2. The standard InChI is InChI=1S/C38H48N4O4/c1-26-20-30(8-13-34(26)46-2)38-17-14-37(15-18-38,16-19-38)25-41(36(45)27-6-9-31(10-7-27)40-35(44)24-43)33-5-3-4-28(21-33)29-22-39-42(23-29)32-11-12-32/h3-5,8,13,20-23,27,31-32,43H,6-7,9-12,14-19,24-25H2,1-2H3,(H,40,44)/t27-,31-,37?,38?. The van der Waals surface area contributed by atoms with Crippen LogP contribution in [0.25, 0.3) is 11.1 Å². The van der Waals surface area contributed by atoms with Gasteiger partial charge >= 0.3 is 0 Å². The number of hydrogen-bond acceptors (Lipinski definition) is 5. The number of carbonyl (C=O) groups excluding carboxylic acids is 2. The molecule has 2 N–H and O–H groups in total. The Labute approximate surface area is 272 Å². The number of hydrogen-bond donors (Lipinski definition) is 2. The summed E-state index contributed by atoms with van der Waals surface area (Å²) in [6, 6.07) is 15.8. The zero-order valence-corrected chi connectivity index (χ0v) is 27.3. The van der Waals surface area contributed by atoms with Crippen molar-refractivity contribution < 1.29 is 19.4 Å². The van der Waals surface area contributed by atoms with E-state index in [1.165, 1.54) is 24.0 Å². The Hall–Kier alpha value is -3.65. The maximum atomic E-state index is 14.5. The van der Waals surface area contributed by atoms with Crippen molar-refractivity contribution >= 4 is 17.5 Å². The van der Waals surface area contributed by atoms with Crippen molar-refractivity contribution in [2.45, 2.75) is 101 Å². The molecule has 2 bridgehead atoms. The second-order valence-corrected chi connectivity index (χ2v) is 14.7. The van der Waals surface area contributed by atoms with Crippen LogP contribution in [-0.4, -0.2) is 53.0 Å². The van der Waals surface area contributed by atoms with Gasteiger partial charge in [-0.3, -0.25) is 14.3 Å². The average Bonchev–Trinajstić information content (AvgIpc) is 3.83. The molecule has 8 rings (SSSR count). The number of benzene rings is 2. The summed E-state index contributed by atoms with van der Waals surface area (Å²) in [6.45, 7) is 2.39. The summed E-state index contributed by atoms with van der Waals surface area (Å²) in [7, 11) is 1.74. The van der Waals surface area contributed by atoms with Crippen LogP contribution in [0.2, 0.25) is 0 Å². The van der Waals surface area contributed by atoms with E-state index in [9.17, 15) is 14.7 Å². The molecule has 1 heterocycles. The van der Waals surface area contributed by atoms with Gasteiger partial charge in [0.25, 0.3) is 0 Å². The maximum Gasteiger partial charge on any atom is 0.245 e. The lowest BCUT2D eigenvalue weighted by Crippen LogP contribution is -2.52. The van der Waals surface area contributed by atoms with Crippen molar-refractivity contribution in [3.05, 3.63) is 66.0 Å². The van der Waals surface area contributed by atoms with Gasteiger partial charge < -0.3 is 20.1 Å². The quantitative estimate of drug-likeness (QED) is 0.269. The third kappa shape index (κ3) is 6.08. The number of aliphatic hydroxyl groups excluding tert-OH is 1. The highest BCUT2D eigenvalue weighted by molar-refractivity contribution is 5.96. The molecule has 5 saturated carbocycles. The Bertz CT molecular complexity index is 1560. The van der Waals surface area contributed by atoms with Crippen molar-refractivity contribution in [2.75, 3.05) is 25.2 Å². The van der Waals surface area contributed by atoms with Gasteiger partial charge in [-0.15, -0.1) is 0 Å². The maximum absolute atomic E-state index is 14.5. The highest BCUT2D eigenvalue weighted by atomic mass is 16.5. The molecule has 0 unspecified atom stereocenters. The van der Waals surface area contributed by atoms with Crippen LogP contribution < -0.4 is 15.0 Å². The van der Waals surface area contributed by atoms with Crippen LogP contribution in [0.5, 0.6) is 5.75 Å². The molecule has 0 atom stereocenters. The van der Waals surface area contributed by atoms with Crippen LogP contribution in [0.4, 0.5) is 5.69 Å². The number of fused-ring (bicyclic) bond motifs is 3. The molecule has 1 aromatic heterocycles. The van der Waals surface area contributed by atoms with Gasteiger partial charge in [-0.05, 0) is 130 Å². The predicted octanol–water partition coefficient (Wildman–Crippen LogP) is 6.49. The Balaban J connectivity index is 1.12. The van der Waals surface area contributed by atoms with Gasteiger partial charge in [-0.2, -0.15) is 5.10 Å². The van der Waals surface area contributed by atoms with Gasteiger partial charge in [-0.25, -0.2) is 0 Å². The highest BCUT2D eigenvalue weighted by Gasteiger charge is 2.50. The SMILES string of the molecule is COc1ccc(C23CCC(CN(c4cccc(-c5cnn(C6CC6)c5)c4)C(=O)[C@H]4CC[C@H](NC(=O)CO)CC4)(CC2)CC3)cc1C. The van der Waals surface area contributed by atoms with Crippen molar-refractivity contribution in [1.29, 1.82) is 0 Å². The first-order valence-electron chi connectivity index (χ1n) is 17.3. The zero-order chi connectivity index (χ0) is 31.9. The van der Waals surface area contributed by atoms with Gasteiger partial charge in [-0.1, -0.05) is 24.3 Å². The van der Waals surface area contributed by atoms with E-state index in [1.54, 1.807) is 7.11 Å². The smallest absolute Gasteiger partial charge is 0.245 e. The van der Waals surface area contributed by atoms with Crippen LogP contribution in [0.1, 0.15) is 94.2 Å². The molecule has 0 saturated heterocycles. The number of rotatable bonds is 10. The van der Waals surface area contributed by atoms with Crippen molar-refractivity contribution in [2.24, 2.45) is 11.3 Å². The summed E-state index contributed by atoms with van der Waals surface area (Å²) in [4.78, 5) is 28.4. The van der Waals surface area contributed by atoms with Crippen molar-refractivity contribution in [1.82, 2.24) is 15.1 Å². The number of carbonyl (C=O) groups is 2. The topological polar surface area (TPSA) is 96.7 Å². The molecule has 5 aliphatic rings. The first-order valence-corrected chi connectivity index (χ1v) is 17.3. The summed E-state index contributed by atoms with van der Waals surface area (Å²) >= 11 is 0. The van der Waals surface area contributed by atoms with E-state index in [0.717, 1.165) is 93.3 Å². The van der Waals surface area contributed by atoms with Crippen LogP contribution in [0, 0.1) is 18.3 Å². The molecule has 5 fully saturated rings.